The van der Waals surface area contributed by atoms with Crippen molar-refractivity contribution in [3.8, 4) is 5.75 Å². The van der Waals surface area contributed by atoms with Gasteiger partial charge in [-0.15, -0.1) is 0 Å². The van der Waals surface area contributed by atoms with E-state index in [4.69, 9.17) is 9.72 Å². The number of nitrogens with zero attached hydrogens (tertiary/aromatic N) is 2. The van der Waals surface area contributed by atoms with Crippen LogP contribution in [0.5, 0.6) is 5.75 Å². The number of nitrogens with one attached hydrogen (secondary N) is 1. The van der Waals surface area contributed by atoms with E-state index in [-0.39, 0.29) is 11.8 Å². The van der Waals surface area contributed by atoms with Crippen LogP contribution >= 0.6 is 11.3 Å². The van der Waals surface area contributed by atoms with Gasteiger partial charge in [0, 0.05) is 18.8 Å². The number of amides is 1. The minimum absolute atomic E-state index is 0.0302. The first-order valence-electron chi connectivity index (χ1n) is 9.37. The van der Waals surface area contributed by atoms with Crippen molar-refractivity contribution in [1.82, 2.24) is 4.98 Å². The summed E-state index contributed by atoms with van der Waals surface area (Å²) in [6.45, 7) is 4.25. The molecule has 5 nitrogen and oxygen atoms in total. The average Bonchev–Trinajstić information content (AvgIpc) is 3.14. The van der Waals surface area contributed by atoms with Crippen LogP contribution in [0.3, 0.4) is 0 Å². The number of carbonyl (C=O) groups excluding carboxylic acids is 1. The largest absolute Gasteiger partial charge is 0.494 e. The molecule has 0 bridgehead atoms. The van der Waals surface area contributed by atoms with Gasteiger partial charge in [-0.05, 0) is 56.2 Å². The third-order valence-corrected chi connectivity index (χ3v) is 5.88. The number of rotatable bonds is 5. The Kier molecular flexibility index (Phi) is 5.25. The van der Waals surface area contributed by atoms with Gasteiger partial charge in [-0.2, -0.15) is 0 Å². The van der Waals surface area contributed by atoms with Gasteiger partial charge in [-0.25, -0.2) is 4.98 Å². The predicted octanol–water partition coefficient (Wildman–Crippen LogP) is 4.55. The highest BCUT2D eigenvalue weighted by Crippen LogP contribution is 2.31. The normalized spacial score (nSPS) is 17.1. The number of fused-ring (bicyclic) bond motifs is 1. The van der Waals surface area contributed by atoms with E-state index in [1.54, 1.807) is 11.3 Å². The predicted molar refractivity (Wildman–Crippen MR) is 111 cm³/mol. The van der Waals surface area contributed by atoms with Crippen molar-refractivity contribution in [3.05, 3.63) is 48.5 Å². The molecule has 27 heavy (non-hydrogen) atoms. The second kappa shape index (κ2) is 7.96. The topological polar surface area (TPSA) is 54.5 Å². The fourth-order valence-electron chi connectivity index (χ4n) is 3.41. The molecule has 4 rings (SSSR count). The lowest BCUT2D eigenvalue weighted by Gasteiger charge is -2.31. The van der Waals surface area contributed by atoms with Gasteiger partial charge in [-0.3, -0.25) is 4.79 Å². The summed E-state index contributed by atoms with van der Waals surface area (Å²) >= 11 is 1.70. The summed E-state index contributed by atoms with van der Waals surface area (Å²) in [4.78, 5) is 19.7. The van der Waals surface area contributed by atoms with E-state index in [2.05, 4.69) is 16.3 Å². The van der Waals surface area contributed by atoms with E-state index < -0.39 is 0 Å². The zero-order valence-electron chi connectivity index (χ0n) is 15.4. The summed E-state index contributed by atoms with van der Waals surface area (Å²) in [5.74, 6) is 0.859. The minimum atomic E-state index is -0.0302. The molecule has 1 unspecified atom stereocenters. The fraction of sp³-hybridized carbons (Fsp3) is 0.333. The molecular weight excluding hydrogens is 358 g/mol. The lowest BCUT2D eigenvalue weighted by Crippen LogP contribution is -2.40. The maximum Gasteiger partial charge on any atom is 0.229 e. The molecule has 6 heteroatoms. The molecule has 2 aromatic carbocycles. The third-order valence-electron chi connectivity index (χ3n) is 4.78. The van der Waals surface area contributed by atoms with Gasteiger partial charge in [0.25, 0.3) is 0 Å². The molecule has 3 aromatic rings. The Morgan fingerprint density at radius 1 is 1.26 bits per heavy atom. The summed E-state index contributed by atoms with van der Waals surface area (Å²) in [7, 11) is 0. The first kappa shape index (κ1) is 17.8. The van der Waals surface area contributed by atoms with Crippen molar-refractivity contribution in [2.24, 2.45) is 5.92 Å². The molecule has 1 N–H and O–H groups in total. The number of aromatic nitrogens is 1. The lowest BCUT2D eigenvalue weighted by atomic mass is 9.97. The molecule has 1 fully saturated rings. The Hall–Kier alpha value is -2.60. The summed E-state index contributed by atoms with van der Waals surface area (Å²) in [5.41, 5.74) is 1.83. The Bertz CT molecular complexity index is 890. The highest BCUT2D eigenvalue weighted by atomic mass is 32.1. The Labute approximate surface area is 163 Å². The summed E-state index contributed by atoms with van der Waals surface area (Å²) in [6.07, 6.45) is 1.90. The quantitative estimate of drug-likeness (QED) is 0.704. The van der Waals surface area contributed by atoms with E-state index in [1.807, 2.05) is 49.4 Å². The zero-order valence-corrected chi connectivity index (χ0v) is 16.2. The van der Waals surface area contributed by atoms with Crippen LogP contribution in [0, 0.1) is 5.92 Å². The maximum atomic E-state index is 12.7. The number of para-hydroxylation sites is 1. The Balaban J connectivity index is 1.41. The van der Waals surface area contributed by atoms with Gasteiger partial charge in [0.2, 0.25) is 5.91 Å². The number of carbonyl (C=O) groups is 1. The van der Waals surface area contributed by atoms with Crippen LogP contribution in [0.15, 0.2) is 48.5 Å². The standard InChI is InChI=1S/C21H23N3O2S/c1-2-26-17-11-9-16(10-12-17)22-20(25)15-6-5-13-24(14-15)21-23-18-7-3-4-8-19(18)27-21/h3-4,7-12,15H,2,5-6,13-14H2,1H3,(H,22,25). The minimum Gasteiger partial charge on any atom is -0.494 e. The maximum absolute atomic E-state index is 12.7. The molecule has 1 aliphatic rings. The molecule has 1 atom stereocenters. The fourth-order valence-corrected chi connectivity index (χ4v) is 4.41. The lowest BCUT2D eigenvalue weighted by molar-refractivity contribution is -0.120. The van der Waals surface area contributed by atoms with Crippen LogP contribution in [-0.2, 0) is 4.79 Å². The van der Waals surface area contributed by atoms with E-state index in [1.165, 1.54) is 4.70 Å². The van der Waals surface area contributed by atoms with Crippen LogP contribution < -0.4 is 15.0 Å². The molecule has 0 aliphatic carbocycles. The second-order valence-electron chi connectivity index (χ2n) is 6.70. The molecule has 1 amide bonds. The van der Waals surface area contributed by atoms with Crippen molar-refractivity contribution in [2.75, 3.05) is 29.9 Å². The van der Waals surface area contributed by atoms with Crippen molar-refractivity contribution in [1.29, 1.82) is 0 Å². The monoisotopic (exact) mass is 381 g/mol. The van der Waals surface area contributed by atoms with Crippen molar-refractivity contribution < 1.29 is 9.53 Å². The number of hydrogen-bond donors (Lipinski definition) is 1. The highest BCUT2D eigenvalue weighted by Gasteiger charge is 2.27. The Morgan fingerprint density at radius 2 is 2.07 bits per heavy atom. The second-order valence-corrected chi connectivity index (χ2v) is 7.71. The molecule has 0 radical (unpaired) electrons. The van der Waals surface area contributed by atoms with Crippen molar-refractivity contribution in [3.63, 3.8) is 0 Å². The molecule has 140 valence electrons. The van der Waals surface area contributed by atoms with Crippen molar-refractivity contribution in [2.45, 2.75) is 19.8 Å². The zero-order chi connectivity index (χ0) is 18.6. The highest BCUT2D eigenvalue weighted by molar-refractivity contribution is 7.22. The van der Waals surface area contributed by atoms with Gasteiger partial charge in [0.1, 0.15) is 5.75 Å². The molecule has 0 spiro atoms. The SMILES string of the molecule is CCOc1ccc(NC(=O)C2CCCN(c3nc4ccccc4s3)C2)cc1. The van der Waals surface area contributed by atoms with Crippen LogP contribution in [0.1, 0.15) is 19.8 Å². The molecule has 1 aromatic heterocycles. The van der Waals surface area contributed by atoms with Gasteiger partial charge < -0.3 is 15.0 Å². The average molecular weight is 382 g/mol. The van der Waals surface area contributed by atoms with Crippen LogP contribution in [0.2, 0.25) is 0 Å². The van der Waals surface area contributed by atoms with Crippen molar-refractivity contribution >= 4 is 38.3 Å². The van der Waals surface area contributed by atoms with Gasteiger partial charge in [0.05, 0.1) is 22.7 Å². The number of benzene rings is 2. The number of thiazole rings is 1. The molecule has 2 heterocycles. The number of anilines is 2. The van der Waals surface area contributed by atoms with E-state index in [9.17, 15) is 4.79 Å². The van der Waals surface area contributed by atoms with Crippen LogP contribution in [-0.4, -0.2) is 30.6 Å². The van der Waals surface area contributed by atoms with E-state index >= 15 is 0 Å². The summed E-state index contributed by atoms with van der Waals surface area (Å²) in [6, 6.07) is 15.7. The van der Waals surface area contributed by atoms with Gasteiger partial charge in [0.15, 0.2) is 5.13 Å². The smallest absolute Gasteiger partial charge is 0.229 e. The summed E-state index contributed by atoms with van der Waals surface area (Å²) in [5, 5.41) is 4.05. The first-order valence-corrected chi connectivity index (χ1v) is 10.2. The number of piperidine rings is 1. The van der Waals surface area contributed by atoms with Crippen LogP contribution in [0.25, 0.3) is 10.2 Å². The first-order chi connectivity index (χ1) is 13.2. The molecular formula is C21H23N3O2S. The van der Waals surface area contributed by atoms with Gasteiger partial charge in [-0.1, -0.05) is 23.5 Å². The van der Waals surface area contributed by atoms with Crippen LogP contribution in [0.4, 0.5) is 10.8 Å². The van der Waals surface area contributed by atoms with Gasteiger partial charge >= 0.3 is 0 Å². The third kappa shape index (κ3) is 4.06. The number of ether oxygens (including phenoxy) is 1. The summed E-state index contributed by atoms with van der Waals surface area (Å²) < 4.78 is 6.63. The molecule has 1 saturated heterocycles. The Morgan fingerprint density at radius 3 is 2.85 bits per heavy atom. The molecule has 0 saturated carbocycles. The molecule has 1 aliphatic heterocycles. The van der Waals surface area contributed by atoms with E-state index in [0.717, 1.165) is 41.5 Å². The number of hydrogen-bond acceptors (Lipinski definition) is 5. The van der Waals surface area contributed by atoms with E-state index in [0.29, 0.717) is 13.2 Å².